The van der Waals surface area contributed by atoms with E-state index in [1.54, 1.807) is 0 Å². The van der Waals surface area contributed by atoms with E-state index >= 15 is 0 Å². The summed E-state index contributed by atoms with van der Waals surface area (Å²) in [7, 11) is 0. The van der Waals surface area contributed by atoms with E-state index in [9.17, 15) is 4.79 Å². The summed E-state index contributed by atoms with van der Waals surface area (Å²) in [5, 5.41) is 0. The van der Waals surface area contributed by atoms with Crippen molar-refractivity contribution in [1.82, 2.24) is 4.90 Å². The lowest BCUT2D eigenvalue weighted by Crippen LogP contribution is -2.50. The van der Waals surface area contributed by atoms with Crippen molar-refractivity contribution in [2.75, 3.05) is 13.1 Å². The van der Waals surface area contributed by atoms with Gasteiger partial charge in [0.25, 0.3) is 0 Å². The molecule has 0 aromatic heterocycles. The lowest BCUT2D eigenvalue weighted by atomic mass is 9.74. The number of rotatable bonds is 0. The van der Waals surface area contributed by atoms with Crippen LogP contribution in [0.25, 0.3) is 0 Å². The van der Waals surface area contributed by atoms with Gasteiger partial charge in [-0.05, 0) is 43.8 Å². The molecule has 1 atom stereocenters. The summed E-state index contributed by atoms with van der Waals surface area (Å²) in [6.45, 7) is 14.4. The van der Waals surface area contributed by atoms with Crippen molar-refractivity contribution in [1.29, 1.82) is 0 Å². The first-order valence-electron chi connectivity index (χ1n) is 7.15. The summed E-state index contributed by atoms with van der Waals surface area (Å²) in [4.78, 5) is 19.4. The van der Waals surface area contributed by atoms with Crippen molar-refractivity contribution in [3.05, 3.63) is 11.1 Å². The fourth-order valence-corrected chi connectivity index (χ4v) is 3.09. The van der Waals surface area contributed by atoms with Crippen LogP contribution in [-0.2, 0) is 4.79 Å². The fourth-order valence-electron chi connectivity index (χ4n) is 3.09. The van der Waals surface area contributed by atoms with Crippen molar-refractivity contribution < 1.29 is 4.79 Å². The Kier molecular flexibility index (Phi) is 3.36. The first-order valence-corrected chi connectivity index (χ1v) is 7.15. The number of aliphatic imine (C=N–C) groups is 1. The zero-order valence-corrected chi connectivity index (χ0v) is 13.1. The van der Waals surface area contributed by atoms with Crippen molar-refractivity contribution in [2.24, 2.45) is 16.3 Å². The highest BCUT2D eigenvalue weighted by Crippen LogP contribution is 2.40. The van der Waals surface area contributed by atoms with Crippen molar-refractivity contribution in [3.8, 4) is 0 Å². The quantitative estimate of drug-likeness (QED) is 0.660. The topological polar surface area (TPSA) is 32.7 Å². The number of amides is 1. The summed E-state index contributed by atoms with van der Waals surface area (Å²) in [5.74, 6) is 0.203. The maximum absolute atomic E-state index is 13.0. The molecule has 0 aromatic rings. The molecule has 1 amide bonds. The first-order chi connectivity index (χ1) is 8.62. The number of hydrogen-bond donors (Lipinski definition) is 0. The minimum Gasteiger partial charge on any atom is -0.337 e. The highest BCUT2D eigenvalue weighted by Gasteiger charge is 2.43. The van der Waals surface area contributed by atoms with Crippen LogP contribution in [0, 0.1) is 11.3 Å². The lowest BCUT2D eigenvalue weighted by molar-refractivity contribution is -0.141. The predicted octanol–water partition coefficient (Wildman–Crippen LogP) is 3.06. The average Bonchev–Trinajstić information content (AvgIpc) is 2.57. The first kappa shape index (κ1) is 14.3. The molecule has 0 radical (unpaired) electrons. The van der Waals surface area contributed by atoms with Crippen LogP contribution in [0.2, 0.25) is 0 Å². The molecule has 0 aromatic carbocycles. The fraction of sp³-hybridized carbons (Fsp3) is 0.750. The van der Waals surface area contributed by atoms with Gasteiger partial charge in [0.1, 0.15) is 0 Å². The van der Waals surface area contributed by atoms with Crippen molar-refractivity contribution >= 4 is 12.1 Å². The molecule has 0 saturated carbocycles. The van der Waals surface area contributed by atoms with Gasteiger partial charge in [0.2, 0.25) is 5.91 Å². The molecule has 2 aliphatic rings. The third kappa shape index (κ3) is 2.60. The molecule has 3 nitrogen and oxygen atoms in total. The Morgan fingerprint density at radius 2 is 1.84 bits per heavy atom. The monoisotopic (exact) mass is 262 g/mol. The van der Waals surface area contributed by atoms with Crippen molar-refractivity contribution in [2.45, 2.75) is 53.5 Å². The van der Waals surface area contributed by atoms with E-state index in [0.717, 1.165) is 19.5 Å². The third-order valence-corrected chi connectivity index (χ3v) is 4.06. The third-order valence-electron chi connectivity index (χ3n) is 4.06. The maximum atomic E-state index is 13.0. The molecule has 2 heterocycles. The zero-order valence-electron chi connectivity index (χ0n) is 13.1. The van der Waals surface area contributed by atoms with Gasteiger partial charge in [-0.15, -0.1) is 0 Å². The smallest absolute Gasteiger partial charge is 0.231 e. The summed E-state index contributed by atoms with van der Waals surface area (Å²) in [5.41, 5.74) is 2.36. The highest BCUT2D eigenvalue weighted by molar-refractivity contribution is 5.95. The number of hydrogen-bond acceptors (Lipinski definition) is 2. The molecule has 0 aliphatic carbocycles. The van der Waals surface area contributed by atoms with Gasteiger partial charge < -0.3 is 4.90 Å². The van der Waals surface area contributed by atoms with Gasteiger partial charge in [0.05, 0.1) is 12.5 Å². The summed E-state index contributed by atoms with van der Waals surface area (Å²) in [6, 6.07) is 0. The van der Waals surface area contributed by atoms with Gasteiger partial charge in [-0.3, -0.25) is 9.79 Å². The molecule has 0 bridgehead atoms. The second kappa shape index (κ2) is 4.46. The number of nitrogens with zero attached hydrogens (tertiary/aromatic N) is 2. The van der Waals surface area contributed by atoms with Crippen LogP contribution in [-0.4, -0.2) is 35.7 Å². The average molecular weight is 262 g/mol. The molecule has 19 heavy (non-hydrogen) atoms. The van der Waals surface area contributed by atoms with Gasteiger partial charge in [0.15, 0.2) is 0 Å². The minimum absolute atomic E-state index is 0.0597. The van der Waals surface area contributed by atoms with E-state index in [4.69, 9.17) is 0 Å². The van der Waals surface area contributed by atoms with Crippen LogP contribution in [0.3, 0.4) is 0 Å². The molecule has 1 unspecified atom stereocenters. The molecule has 0 fully saturated rings. The Morgan fingerprint density at radius 3 is 2.37 bits per heavy atom. The van der Waals surface area contributed by atoms with Crippen LogP contribution in [0.1, 0.15) is 48.0 Å². The van der Waals surface area contributed by atoms with E-state index in [1.807, 2.05) is 6.21 Å². The van der Waals surface area contributed by atoms with Crippen LogP contribution >= 0.6 is 0 Å². The van der Waals surface area contributed by atoms with E-state index < -0.39 is 0 Å². The van der Waals surface area contributed by atoms with Gasteiger partial charge in [-0.25, -0.2) is 0 Å². The standard InChI is InChI=1S/C16H26N2O/c1-15(2,3)13-12-10-17-9-11(12)7-8-18(14(13)19)16(4,5)6/h10,13H,7-9H2,1-6H3. The van der Waals surface area contributed by atoms with Crippen LogP contribution in [0.5, 0.6) is 0 Å². The summed E-state index contributed by atoms with van der Waals surface area (Å²) < 4.78 is 0. The highest BCUT2D eigenvalue weighted by atomic mass is 16.2. The van der Waals surface area contributed by atoms with E-state index in [1.165, 1.54) is 11.1 Å². The predicted molar refractivity (Wildman–Crippen MR) is 79.4 cm³/mol. The molecular weight excluding hydrogens is 236 g/mol. The Labute approximate surface area is 116 Å². The minimum atomic E-state index is -0.114. The molecule has 2 rings (SSSR count). The van der Waals surface area contributed by atoms with Gasteiger partial charge in [0, 0.05) is 18.3 Å². The summed E-state index contributed by atoms with van der Waals surface area (Å²) >= 11 is 0. The second-order valence-electron chi connectivity index (χ2n) is 7.74. The Balaban J connectivity index is 2.45. The number of carbonyl (C=O) groups is 1. The molecule has 2 aliphatic heterocycles. The van der Waals surface area contributed by atoms with Gasteiger partial charge >= 0.3 is 0 Å². The van der Waals surface area contributed by atoms with Crippen molar-refractivity contribution in [3.63, 3.8) is 0 Å². The molecule has 106 valence electrons. The molecule has 0 spiro atoms. The Hall–Kier alpha value is -1.12. The Bertz CT molecular complexity index is 446. The maximum Gasteiger partial charge on any atom is 0.231 e. The van der Waals surface area contributed by atoms with E-state index in [-0.39, 0.29) is 22.8 Å². The van der Waals surface area contributed by atoms with E-state index in [0.29, 0.717) is 0 Å². The molecular formula is C16H26N2O. The number of carbonyl (C=O) groups excluding carboxylic acids is 1. The SMILES string of the molecule is CC(C)(C)C1C(=O)N(C(C)(C)C)CCC2=C1C=NC2. The van der Waals surface area contributed by atoms with Gasteiger partial charge in [-0.2, -0.15) is 0 Å². The lowest BCUT2D eigenvalue weighted by Gasteiger charge is -2.40. The Morgan fingerprint density at radius 1 is 1.21 bits per heavy atom. The van der Waals surface area contributed by atoms with E-state index in [2.05, 4.69) is 51.4 Å². The van der Waals surface area contributed by atoms with Crippen LogP contribution in [0.4, 0.5) is 0 Å². The normalized spacial score (nSPS) is 24.8. The molecule has 0 saturated heterocycles. The molecule has 3 heteroatoms. The zero-order chi connectivity index (χ0) is 14.4. The largest absolute Gasteiger partial charge is 0.337 e. The summed E-state index contributed by atoms with van der Waals surface area (Å²) in [6.07, 6.45) is 2.90. The van der Waals surface area contributed by atoms with Crippen LogP contribution in [0.15, 0.2) is 16.1 Å². The second-order valence-corrected chi connectivity index (χ2v) is 7.74. The van der Waals surface area contributed by atoms with Gasteiger partial charge in [-0.1, -0.05) is 20.8 Å². The van der Waals surface area contributed by atoms with Crippen LogP contribution < -0.4 is 0 Å². The molecule has 0 N–H and O–H groups in total.